The van der Waals surface area contributed by atoms with Crippen molar-refractivity contribution in [3.63, 3.8) is 0 Å². The van der Waals surface area contributed by atoms with Gasteiger partial charge in [-0.2, -0.15) is 0 Å². The van der Waals surface area contributed by atoms with Crippen LogP contribution >= 0.6 is 0 Å². The second-order valence-electron chi connectivity index (χ2n) is 11.2. The van der Waals surface area contributed by atoms with Crippen molar-refractivity contribution in [2.24, 2.45) is 11.3 Å². The zero-order valence-electron chi connectivity index (χ0n) is 22.0. The normalized spacial score (nSPS) is 25.1. The smallest absolute Gasteiger partial charge is 0.872 e. The van der Waals surface area contributed by atoms with E-state index in [1.807, 2.05) is 0 Å². The van der Waals surface area contributed by atoms with Crippen molar-refractivity contribution in [1.29, 1.82) is 0 Å². The summed E-state index contributed by atoms with van der Waals surface area (Å²) in [7, 11) is 0. The van der Waals surface area contributed by atoms with E-state index >= 15 is 0 Å². The summed E-state index contributed by atoms with van der Waals surface area (Å²) in [4.78, 5) is 25.7. The van der Waals surface area contributed by atoms with Gasteiger partial charge in [-0.1, -0.05) is 57.5 Å². The van der Waals surface area contributed by atoms with Crippen LogP contribution in [0.1, 0.15) is 81.5 Å². The first-order valence-electron chi connectivity index (χ1n) is 12.7. The zero-order valence-corrected chi connectivity index (χ0v) is 25.1. The summed E-state index contributed by atoms with van der Waals surface area (Å²) >= 11 is 0. The molecule has 3 atom stereocenters. The molecule has 36 heavy (non-hydrogen) atoms. The minimum absolute atomic E-state index is 0. The largest absolute Gasteiger partial charge is 1.00 e. The maximum atomic E-state index is 13.6. The van der Waals surface area contributed by atoms with Gasteiger partial charge in [0.25, 0.3) is 0 Å². The molecule has 5 nitrogen and oxygen atoms in total. The van der Waals surface area contributed by atoms with Gasteiger partial charge < -0.3 is 14.3 Å². The zero-order chi connectivity index (χ0) is 25.0. The van der Waals surface area contributed by atoms with Crippen LogP contribution < -0.4 is 62.1 Å². The number of benzene rings is 2. The van der Waals surface area contributed by atoms with Gasteiger partial charge in [0.2, 0.25) is 0 Å². The van der Waals surface area contributed by atoms with E-state index in [1.54, 1.807) is 6.07 Å². The fraction of sp³-hybridized carbons (Fsp3) is 0.467. The number of esters is 1. The molecular formula is C30H33KO5. The standard InChI is InChI=1S/C30H34O5.K/c1-18(2)19-6-10-24-20(14-19)7-11-26-29(24,3)12-5-13-30(26,4)28(33)34-17-21-15-27(32)35-25-16-22(31)8-9-23(21)25;/h6,8-10,14-16,18,26,31H,5,7,11-13,17H2,1-4H3;/q;+1/p-1/t26-,29-,30-;/m1./s1. The van der Waals surface area contributed by atoms with E-state index in [1.165, 1.54) is 34.9 Å². The molecule has 0 radical (unpaired) electrons. The molecule has 5 rings (SSSR count). The third-order valence-electron chi connectivity index (χ3n) is 8.67. The van der Waals surface area contributed by atoms with E-state index in [9.17, 15) is 14.7 Å². The van der Waals surface area contributed by atoms with Crippen LogP contribution in [-0.2, 0) is 28.0 Å². The molecule has 0 amide bonds. The molecule has 1 fully saturated rings. The Kier molecular flexibility index (Phi) is 7.95. The molecule has 0 spiro atoms. The molecule has 0 aliphatic heterocycles. The van der Waals surface area contributed by atoms with Crippen molar-refractivity contribution in [1.82, 2.24) is 0 Å². The van der Waals surface area contributed by atoms with Gasteiger partial charge >= 0.3 is 63.0 Å². The van der Waals surface area contributed by atoms with E-state index in [4.69, 9.17) is 9.15 Å². The number of hydrogen-bond donors (Lipinski definition) is 0. The first-order chi connectivity index (χ1) is 16.6. The van der Waals surface area contributed by atoms with Gasteiger partial charge in [-0.3, -0.25) is 4.79 Å². The maximum Gasteiger partial charge on any atom is 1.00 e. The van der Waals surface area contributed by atoms with Crippen molar-refractivity contribution in [2.75, 3.05) is 0 Å². The number of carbonyl (C=O) groups excluding carboxylic acids is 1. The fourth-order valence-electron chi connectivity index (χ4n) is 6.75. The molecule has 0 unspecified atom stereocenters. The van der Waals surface area contributed by atoms with Crippen molar-refractivity contribution in [2.45, 2.75) is 77.7 Å². The van der Waals surface area contributed by atoms with Crippen LogP contribution in [-0.4, -0.2) is 5.97 Å². The van der Waals surface area contributed by atoms with Crippen LogP contribution in [0.4, 0.5) is 0 Å². The van der Waals surface area contributed by atoms with Crippen LogP contribution in [0, 0.1) is 11.3 Å². The van der Waals surface area contributed by atoms with E-state index < -0.39 is 11.0 Å². The Morgan fingerprint density at radius 3 is 2.67 bits per heavy atom. The molecule has 0 N–H and O–H groups in total. The predicted octanol–water partition coefficient (Wildman–Crippen LogP) is 2.75. The Balaban J connectivity index is 0.00000304. The van der Waals surface area contributed by atoms with Gasteiger partial charge in [-0.15, -0.1) is 5.75 Å². The first kappa shape index (κ1) is 27.6. The number of fused-ring (bicyclic) bond motifs is 4. The molecule has 2 aliphatic rings. The number of hydrogen-bond acceptors (Lipinski definition) is 5. The number of carbonyl (C=O) groups is 1. The minimum Gasteiger partial charge on any atom is -0.872 e. The second kappa shape index (κ2) is 10.4. The molecule has 1 saturated carbocycles. The monoisotopic (exact) mass is 512 g/mol. The second-order valence-corrected chi connectivity index (χ2v) is 11.2. The Morgan fingerprint density at radius 2 is 1.92 bits per heavy atom. The van der Waals surface area contributed by atoms with Crippen molar-refractivity contribution in [3.05, 3.63) is 75.1 Å². The van der Waals surface area contributed by atoms with Crippen LogP contribution in [0.5, 0.6) is 5.75 Å². The molecule has 2 aliphatic carbocycles. The summed E-state index contributed by atoms with van der Waals surface area (Å²) in [5.41, 5.74) is 3.73. The summed E-state index contributed by atoms with van der Waals surface area (Å²) in [5, 5.41) is 12.3. The van der Waals surface area contributed by atoms with Crippen LogP contribution in [0.3, 0.4) is 0 Å². The molecule has 6 heteroatoms. The molecule has 1 aromatic heterocycles. The number of aryl methyl sites for hydroxylation is 1. The van der Waals surface area contributed by atoms with Crippen LogP contribution in [0.2, 0.25) is 0 Å². The quantitative estimate of drug-likeness (QED) is 0.305. The Morgan fingerprint density at radius 1 is 1.14 bits per heavy atom. The maximum absolute atomic E-state index is 13.6. The van der Waals surface area contributed by atoms with Gasteiger partial charge in [0.15, 0.2) is 0 Å². The molecule has 184 valence electrons. The fourth-order valence-corrected chi connectivity index (χ4v) is 6.75. The molecule has 0 bridgehead atoms. The van der Waals surface area contributed by atoms with Gasteiger partial charge in [0.05, 0.1) is 5.41 Å². The summed E-state index contributed by atoms with van der Waals surface area (Å²) < 4.78 is 11.1. The Bertz CT molecular complexity index is 1360. The predicted molar refractivity (Wildman–Crippen MR) is 133 cm³/mol. The minimum atomic E-state index is -0.598. The third kappa shape index (κ3) is 4.76. The van der Waals surface area contributed by atoms with Gasteiger partial charge in [-0.25, -0.2) is 4.79 Å². The number of rotatable bonds is 4. The van der Waals surface area contributed by atoms with Gasteiger partial charge in [0, 0.05) is 17.0 Å². The summed E-state index contributed by atoms with van der Waals surface area (Å²) in [5.74, 6) is 0.239. The molecular weight excluding hydrogens is 479 g/mol. The van der Waals surface area contributed by atoms with Crippen LogP contribution in [0.15, 0.2) is 51.7 Å². The average molecular weight is 513 g/mol. The molecule has 2 aromatic carbocycles. The molecule has 0 saturated heterocycles. The van der Waals surface area contributed by atoms with Crippen molar-refractivity contribution >= 4 is 16.9 Å². The van der Waals surface area contributed by atoms with E-state index in [0.29, 0.717) is 16.9 Å². The van der Waals surface area contributed by atoms with E-state index in [0.717, 1.165) is 32.1 Å². The molecule has 1 heterocycles. The van der Waals surface area contributed by atoms with Crippen molar-refractivity contribution < 1.29 is 70.4 Å². The van der Waals surface area contributed by atoms with Gasteiger partial charge in [-0.05, 0) is 72.6 Å². The van der Waals surface area contributed by atoms with Crippen LogP contribution in [0.25, 0.3) is 11.0 Å². The summed E-state index contributed by atoms with van der Waals surface area (Å²) in [6.45, 7) is 8.81. The van der Waals surface area contributed by atoms with Crippen molar-refractivity contribution in [3.8, 4) is 5.75 Å². The van der Waals surface area contributed by atoms with E-state index in [-0.39, 0.29) is 86.6 Å². The van der Waals surface area contributed by atoms with E-state index in [2.05, 4.69) is 45.9 Å². The van der Waals surface area contributed by atoms with Gasteiger partial charge in [0.1, 0.15) is 12.2 Å². The Hall–Kier alpha value is -1.44. The number of ether oxygens (including phenoxy) is 1. The molecule has 3 aromatic rings. The summed E-state index contributed by atoms with van der Waals surface area (Å²) in [6.07, 6.45) is 4.76. The third-order valence-corrected chi connectivity index (χ3v) is 8.67. The summed E-state index contributed by atoms with van der Waals surface area (Å²) in [6, 6.07) is 12.6. The SMILES string of the molecule is CC(C)c1ccc2c(c1)CC[C@H]1[C@](C)(C(=O)OCc3cc(=O)oc4cc([O-])ccc34)CCC[C@]21C.[K+]. The topological polar surface area (TPSA) is 79.6 Å². The average Bonchev–Trinajstić information content (AvgIpc) is 2.81. The Labute approximate surface area is 255 Å². The first-order valence-corrected chi connectivity index (χ1v) is 12.7.